The fourth-order valence-electron chi connectivity index (χ4n) is 2.53. The number of nitrogens with one attached hydrogen (secondary N) is 1. The van der Waals surface area contributed by atoms with Crippen molar-refractivity contribution in [3.63, 3.8) is 0 Å². The molecule has 3 aromatic rings. The molecule has 0 bridgehead atoms. The van der Waals surface area contributed by atoms with E-state index in [4.69, 9.17) is 28.6 Å². The second-order valence-corrected chi connectivity index (χ2v) is 6.85. The molecular formula is C20H21ClN4OS. The van der Waals surface area contributed by atoms with Crippen LogP contribution in [0.1, 0.15) is 36.7 Å². The maximum absolute atomic E-state index is 6.17. The predicted octanol–water partition coefficient (Wildman–Crippen LogP) is 5.40. The third kappa shape index (κ3) is 5.28. The minimum Gasteiger partial charge on any atom is -0.489 e. The van der Waals surface area contributed by atoms with E-state index < -0.39 is 0 Å². The Morgan fingerprint density at radius 1 is 1.26 bits per heavy atom. The molecule has 1 aromatic heterocycles. The van der Waals surface area contributed by atoms with Crippen LogP contribution in [-0.2, 0) is 13.0 Å². The molecule has 0 unspecified atom stereocenters. The molecule has 0 spiro atoms. The lowest BCUT2D eigenvalue weighted by atomic mass is 10.2. The molecule has 7 heteroatoms. The lowest BCUT2D eigenvalue weighted by molar-refractivity contribution is 0.306. The van der Waals surface area contributed by atoms with Gasteiger partial charge in [0.05, 0.1) is 6.21 Å². The minimum absolute atomic E-state index is 0.411. The fraction of sp³-hybridized carbons (Fsp3) is 0.250. The van der Waals surface area contributed by atoms with Crippen LogP contribution >= 0.6 is 23.8 Å². The van der Waals surface area contributed by atoms with Gasteiger partial charge in [-0.1, -0.05) is 55.3 Å². The SMILES string of the molecule is CCCCc1n[nH]c(=S)n1/N=C/c1cccc(OCc2ccccc2Cl)c1. The molecule has 2 aromatic carbocycles. The topological polar surface area (TPSA) is 55.2 Å². The van der Waals surface area contributed by atoms with Crippen molar-refractivity contribution in [1.82, 2.24) is 14.9 Å². The summed E-state index contributed by atoms with van der Waals surface area (Å²) in [6, 6.07) is 15.4. The molecule has 0 saturated heterocycles. The lowest BCUT2D eigenvalue weighted by Gasteiger charge is -2.08. The minimum atomic E-state index is 0.411. The molecule has 1 heterocycles. The summed E-state index contributed by atoms with van der Waals surface area (Å²) in [6.45, 7) is 2.55. The number of aryl methyl sites for hydroxylation is 1. The third-order valence-electron chi connectivity index (χ3n) is 4.00. The van der Waals surface area contributed by atoms with Gasteiger partial charge in [-0.2, -0.15) is 14.9 Å². The molecule has 3 rings (SSSR count). The Labute approximate surface area is 168 Å². The van der Waals surface area contributed by atoms with Crippen molar-refractivity contribution < 1.29 is 4.74 Å². The maximum atomic E-state index is 6.17. The number of hydrogen-bond acceptors (Lipinski definition) is 4. The average molecular weight is 401 g/mol. The van der Waals surface area contributed by atoms with Crippen molar-refractivity contribution in [3.8, 4) is 5.75 Å². The number of benzene rings is 2. The van der Waals surface area contributed by atoms with Crippen molar-refractivity contribution in [2.75, 3.05) is 0 Å². The predicted molar refractivity (Wildman–Crippen MR) is 111 cm³/mol. The number of unbranched alkanes of at least 4 members (excludes halogenated alkanes) is 1. The summed E-state index contributed by atoms with van der Waals surface area (Å²) in [4.78, 5) is 0. The van der Waals surface area contributed by atoms with Crippen LogP contribution in [0.4, 0.5) is 0 Å². The van der Waals surface area contributed by atoms with E-state index in [2.05, 4.69) is 22.2 Å². The molecule has 0 radical (unpaired) electrons. The smallest absolute Gasteiger partial charge is 0.216 e. The second-order valence-electron chi connectivity index (χ2n) is 6.06. The van der Waals surface area contributed by atoms with Gasteiger partial charge in [0.15, 0.2) is 5.82 Å². The van der Waals surface area contributed by atoms with Crippen molar-refractivity contribution in [1.29, 1.82) is 0 Å². The summed E-state index contributed by atoms with van der Waals surface area (Å²) < 4.78 is 8.02. The molecular weight excluding hydrogens is 380 g/mol. The third-order valence-corrected chi connectivity index (χ3v) is 4.64. The zero-order valence-corrected chi connectivity index (χ0v) is 16.6. The summed E-state index contributed by atoms with van der Waals surface area (Å²) in [5, 5.41) is 12.2. The highest BCUT2D eigenvalue weighted by atomic mass is 35.5. The largest absolute Gasteiger partial charge is 0.489 e. The van der Waals surface area contributed by atoms with Gasteiger partial charge in [0.25, 0.3) is 0 Å². The highest BCUT2D eigenvalue weighted by Gasteiger charge is 2.04. The monoisotopic (exact) mass is 400 g/mol. The van der Waals surface area contributed by atoms with Crippen molar-refractivity contribution in [3.05, 3.63) is 75.3 Å². The first kappa shape index (κ1) is 19.3. The molecule has 0 aliphatic rings. The molecule has 0 aliphatic carbocycles. The Balaban J connectivity index is 1.71. The van der Waals surface area contributed by atoms with Gasteiger partial charge in [-0.05, 0) is 42.4 Å². The van der Waals surface area contributed by atoms with Gasteiger partial charge < -0.3 is 4.74 Å². The van der Waals surface area contributed by atoms with Crippen LogP contribution in [0.15, 0.2) is 53.6 Å². The quantitative estimate of drug-likeness (QED) is 0.407. The van der Waals surface area contributed by atoms with Gasteiger partial charge in [-0.3, -0.25) is 5.10 Å². The number of halogens is 1. The molecule has 0 amide bonds. The normalized spacial score (nSPS) is 11.2. The summed E-state index contributed by atoms with van der Waals surface area (Å²) in [7, 11) is 0. The Kier molecular flexibility index (Phi) is 6.79. The van der Waals surface area contributed by atoms with E-state index in [9.17, 15) is 0 Å². The molecule has 0 atom stereocenters. The van der Waals surface area contributed by atoms with E-state index in [0.717, 1.165) is 42.0 Å². The van der Waals surface area contributed by atoms with Gasteiger partial charge in [0.2, 0.25) is 4.77 Å². The number of rotatable bonds is 8. The van der Waals surface area contributed by atoms with Crippen LogP contribution in [-0.4, -0.2) is 21.1 Å². The lowest BCUT2D eigenvalue weighted by Crippen LogP contribution is -2.00. The first-order chi connectivity index (χ1) is 13.2. The van der Waals surface area contributed by atoms with Crippen molar-refractivity contribution >= 4 is 30.0 Å². The maximum Gasteiger partial charge on any atom is 0.216 e. The average Bonchev–Trinajstić information content (AvgIpc) is 3.04. The van der Waals surface area contributed by atoms with Crippen LogP contribution in [0.3, 0.4) is 0 Å². The summed E-state index contributed by atoms with van der Waals surface area (Å²) in [5.41, 5.74) is 1.86. The molecule has 0 fully saturated rings. The first-order valence-electron chi connectivity index (χ1n) is 8.84. The number of aromatic nitrogens is 3. The van der Waals surface area contributed by atoms with Crippen molar-refractivity contribution in [2.45, 2.75) is 32.8 Å². The van der Waals surface area contributed by atoms with E-state index in [1.807, 2.05) is 48.5 Å². The van der Waals surface area contributed by atoms with Gasteiger partial charge in [-0.15, -0.1) is 0 Å². The van der Waals surface area contributed by atoms with Crippen LogP contribution in [0, 0.1) is 4.77 Å². The van der Waals surface area contributed by atoms with E-state index >= 15 is 0 Å². The van der Waals surface area contributed by atoms with E-state index in [1.165, 1.54) is 0 Å². The standard InChI is InChI=1S/C20H21ClN4OS/c1-2-3-11-19-23-24-20(27)25(19)22-13-15-7-6-9-17(12-15)26-14-16-8-4-5-10-18(16)21/h4-10,12-13H,2-3,11,14H2,1H3,(H,24,27)/b22-13+. The molecule has 140 valence electrons. The summed E-state index contributed by atoms with van der Waals surface area (Å²) >= 11 is 11.4. The Bertz CT molecular complexity index is 980. The summed E-state index contributed by atoms with van der Waals surface area (Å²) in [6.07, 6.45) is 4.72. The van der Waals surface area contributed by atoms with Crippen LogP contribution in [0.2, 0.25) is 5.02 Å². The van der Waals surface area contributed by atoms with Gasteiger partial charge >= 0.3 is 0 Å². The molecule has 27 heavy (non-hydrogen) atoms. The van der Waals surface area contributed by atoms with Gasteiger partial charge in [0.1, 0.15) is 12.4 Å². The van der Waals surface area contributed by atoms with E-state index in [1.54, 1.807) is 10.9 Å². The number of H-pyrrole nitrogens is 1. The Hall–Kier alpha value is -2.44. The Morgan fingerprint density at radius 2 is 2.11 bits per heavy atom. The number of nitrogens with zero attached hydrogens (tertiary/aromatic N) is 3. The molecule has 5 nitrogen and oxygen atoms in total. The Morgan fingerprint density at radius 3 is 2.93 bits per heavy atom. The van der Waals surface area contributed by atoms with Gasteiger partial charge in [0, 0.05) is 17.0 Å². The van der Waals surface area contributed by atoms with Crippen LogP contribution in [0.5, 0.6) is 5.75 Å². The zero-order chi connectivity index (χ0) is 19.1. The fourth-order valence-corrected chi connectivity index (χ4v) is 2.91. The second kappa shape index (κ2) is 9.48. The highest BCUT2D eigenvalue weighted by Crippen LogP contribution is 2.19. The molecule has 0 saturated carbocycles. The van der Waals surface area contributed by atoms with Gasteiger partial charge in [-0.25, -0.2) is 0 Å². The zero-order valence-electron chi connectivity index (χ0n) is 15.1. The number of hydrogen-bond donors (Lipinski definition) is 1. The highest BCUT2D eigenvalue weighted by molar-refractivity contribution is 7.71. The van der Waals surface area contributed by atoms with Crippen molar-refractivity contribution in [2.24, 2.45) is 5.10 Å². The van der Waals surface area contributed by atoms with E-state index in [0.29, 0.717) is 16.4 Å². The number of ether oxygens (including phenoxy) is 1. The van der Waals surface area contributed by atoms with Crippen LogP contribution in [0.25, 0.3) is 0 Å². The molecule has 1 N–H and O–H groups in total. The molecule has 0 aliphatic heterocycles. The van der Waals surface area contributed by atoms with Crippen LogP contribution < -0.4 is 4.74 Å². The number of aromatic amines is 1. The summed E-state index contributed by atoms with van der Waals surface area (Å²) in [5.74, 6) is 1.59. The van der Waals surface area contributed by atoms with E-state index in [-0.39, 0.29) is 0 Å². The first-order valence-corrected chi connectivity index (χ1v) is 9.63.